The van der Waals surface area contributed by atoms with Crippen LogP contribution in [-0.4, -0.2) is 11.7 Å². The Bertz CT molecular complexity index is 780. The van der Waals surface area contributed by atoms with Gasteiger partial charge in [0.05, 0.1) is 12.8 Å². The molecule has 108 valence electrons. The summed E-state index contributed by atoms with van der Waals surface area (Å²) in [6.45, 7) is 0.496. The molecule has 0 spiro atoms. The Balaban J connectivity index is 1.83. The van der Waals surface area contributed by atoms with Crippen molar-refractivity contribution < 1.29 is 9.47 Å². The van der Waals surface area contributed by atoms with Crippen LogP contribution in [0.2, 0.25) is 5.02 Å². The lowest BCUT2D eigenvalue weighted by Crippen LogP contribution is -2.01. The van der Waals surface area contributed by atoms with Crippen LogP contribution < -0.4 is 9.47 Å². The van der Waals surface area contributed by atoms with Gasteiger partial charge in [0.25, 0.3) is 0 Å². The molecule has 0 aliphatic carbocycles. The largest absolute Gasteiger partial charge is 0.497 e. The maximum absolute atomic E-state index is 6.05. The number of hydrogen-bond donors (Lipinski definition) is 0. The van der Waals surface area contributed by atoms with E-state index in [-0.39, 0.29) is 0 Å². The number of nitrogens with zero attached hydrogens (tertiary/aromatic N) is 1. The molecule has 3 nitrogen and oxygen atoms in total. The van der Waals surface area contributed by atoms with Crippen LogP contribution in [0.4, 0.5) is 0 Å². The summed E-state index contributed by atoms with van der Waals surface area (Å²) >= 11 is 6.05. The standard InChI is InChI=1S/C17H16ClNO2/c1-19-14(8-12-6-7-13(18)9-17(12)19)11-21-16-5-3-4-15(10-16)20-2/h3-10H,11H2,1-2H3. The van der Waals surface area contributed by atoms with Crippen LogP contribution in [-0.2, 0) is 13.7 Å². The van der Waals surface area contributed by atoms with Crippen LogP contribution in [0.5, 0.6) is 11.5 Å². The molecule has 0 unspecified atom stereocenters. The lowest BCUT2D eigenvalue weighted by molar-refractivity contribution is 0.295. The Kier molecular flexibility index (Phi) is 3.76. The summed E-state index contributed by atoms with van der Waals surface area (Å²) in [6, 6.07) is 15.6. The summed E-state index contributed by atoms with van der Waals surface area (Å²) in [5, 5.41) is 1.90. The molecule has 0 atom stereocenters. The second-order valence-electron chi connectivity index (χ2n) is 4.87. The predicted molar refractivity (Wildman–Crippen MR) is 85.3 cm³/mol. The van der Waals surface area contributed by atoms with E-state index in [9.17, 15) is 0 Å². The van der Waals surface area contributed by atoms with Crippen LogP contribution in [0, 0.1) is 0 Å². The van der Waals surface area contributed by atoms with Crippen molar-refractivity contribution in [3.63, 3.8) is 0 Å². The fourth-order valence-corrected chi connectivity index (χ4v) is 2.51. The van der Waals surface area contributed by atoms with Crippen molar-refractivity contribution >= 4 is 22.5 Å². The summed E-state index contributed by atoms with van der Waals surface area (Å²) in [6.07, 6.45) is 0. The van der Waals surface area contributed by atoms with Gasteiger partial charge < -0.3 is 14.0 Å². The second kappa shape index (κ2) is 5.70. The highest BCUT2D eigenvalue weighted by atomic mass is 35.5. The predicted octanol–water partition coefficient (Wildman–Crippen LogP) is 4.42. The van der Waals surface area contributed by atoms with Crippen LogP contribution >= 0.6 is 11.6 Å². The Hall–Kier alpha value is -2.13. The van der Waals surface area contributed by atoms with Crippen molar-refractivity contribution in [3.8, 4) is 11.5 Å². The number of methoxy groups -OCH3 is 1. The molecule has 21 heavy (non-hydrogen) atoms. The van der Waals surface area contributed by atoms with E-state index >= 15 is 0 Å². The van der Waals surface area contributed by atoms with Gasteiger partial charge >= 0.3 is 0 Å². The third kappa shape index (κ3) is 2.83. The molecule has 0 radical (unpaired) electrons. The molecule has 0 saturated carbocycles. The molecule has 3 rings (SSSR count). The molecule has 0 fully saturated rings. The zero-order chi connectivity index (χ0) is 14.8. The third-order valence-corrected chi connectivity index (χ3v) is 3.77. The number of ether oxygens (including phenoxy) is 2. The minimum absolute atomic E-state index is 0.496. The molecule has 2 aromatic carbocycles. The highest BCUT2D eigenvalue weighted by molar-refractivity contribution is 6.31. The van der Waals surface area contributed by atoms with Crippen molar-refractivity contribution in [2.45, 2.75) is 6.61 Å². The van der Waals surface area contributed by atoms with Crippen molar-refractivity contribution in [1.82, 2.24) is 4.57 Å². The third-order valence-electron chi connectivity index (χ3n) is 3.53. The first-order valence-electron chi connectivity index (χ1n) is 6.68. The number of benzene rings is 2. The number of rotatable bonds is 4. The first-order chi connectivity index (χ1) is 10.2. The van der Waals surface area contributed by atoms with Crippen LogP contribution in [0.3, 0.4) is 0 Å². The first kappa shape index (κ1) is 13.8. The molecular weight excluding hydrogens is 286 g/mol. The van der Waals surface area contributed by atoms with Crippen LogP contribution in [0.1, 0.15) is 5.69 Å². The average molecular weight is 302 g/mol. The van der Waals surface area contributed by atoms with E-state index in [0.29, 0.717) is 6.61 Å². The smallest absolute Gasteiger partial charge is 0.128 e. The van der Waals surface area contributed by atoms with Crippen molar-refractivity contribution in [2.24, 2.45) is 7.05 Å². The molecule has 0 amide bonds. The fraction of sp³-hybridized carbons (Fsp3) is 0.176. The number of hydrogen-bond acceptors (Lipinski definition) is 2. The van der Waals surface area contributed by atoms with Gasteiger partial charge in [-0.2, -0.15) is 0 Å². The van der Waals surface area contributed by atoms with Crippen molar-refractivity contribution in [2.75, 3.05) is 7.11 Å². The van der Waals surface area contributed by atoms with Gasteiger partial charge in [0.15, 0.2) is 0 Å². The van der Waals surface area contributed by atoms with Crippen molar-refractivity contribution in [3.05, 3.63) is 59.2 Å². The van der Waals surface area contributed by atoms with E-state index in [1.165, 1.54) is 0 Å². The van der Waals surface area contributed by atoms with Gasteiger partial charge in [-0.25, -0.2) is 0 Å². The van der Waals surface area contributed by atoms with Crippen LogP contribution in [0.15, 0.2) is 48.5 Å². The lowest BCUT2D eigenvalue weighted by Gasteiger charge is -2.08. The summed E-state index contributed by atoms with van der Waals surface area (Å²) in [7, 11) is 3.66. The Morgan fingerprint density at radius 2 is 1.86 bits per heavy atom. The number of halogens is 1. The van der Waals surface area contributed by atoms with Crippen molar-refractivity contribution in [1.29, 1.82) is 0 Å². The first-order valence-corrected chi connectivity index (χ1v) is 7.06. The van der Waals surface area contributed by atoms with E-state index in [1.807, 2.05) is 49.5 Å². The average Bonchev–Trinajstić information content (AvgIpc) is 2.82. The van der Waals surface area contributed by atoms with Gasteiger partial charge in [-0.3, -0.25) is 0 Å². The maximum Gasteiger partial charge on any atom is 0.128 e. The molecule has 0 bridgehead atoms. The minimum atomic E-state index is 0.496. The molecule has 0 saturated heterocycles. The number of aromatic nitrogens is 1. The number of fused-ring (bicyclic) bond motifs is 1. The molecule has 0 aliphatic rings. The van der Waals surface area contributed by atoms with Gasteiger partial charge in [0.1, 0.15) is 18.1 Å². The maximum atomic E-state index is 6.05. The summed E-state index contributed by atoms with van der Waals surface area (Å²) < 4.78 is 13.1. The zero-order valence-electron chi connectivity index (χ0n) is 12.0. The second-order valence-corrected chi connectivity index (χ2v) is 5.30. The fourth-order valence-electron chi connectivity index (χ4n) is 2.35. The van der Waals surface area contributed by atoms with Gasteiger partial charge in [-0.1, -0.05) is 23.7 Å². The topological polar surface area (TPSA) is 23.4 Å². The molecular formula is C17H16ClNO2. The van der Waals surface area contributed by atoms with E-state index in [0.717, 1.165) is 33.1 Å². The number of aryl methyl sites for hydroxylation is 1. The molecule has 0 N–H and O–H groups in total. The van der Waals surface area contributed by atoms with Gasteiger partial charge in [0, 0.05) is 29.0 Å². The van der Waals surface area contributed by atoms with E-state index in [4.69, 9.17) is 21.1 Å². The van der Waals surface area contributed by atoms with Gasteiger partial charge in [-0.15, -0.1) is 0 Å². The molecule has 3 aromatic rings. The minimum Gasteiger partial charge on any atom is -0.497 e. The van der Waals surface area contributed by atoms with Crippen LogP contribution in [0.25, 0.3) is 10.9 Å². The SMILES string of the molecule is COc1cccc(OCc2cc3ccc(Cl)cc3n2C)c1. The summed E-state index contributed by atoms with van der Waals surface area (Å²) in [4.78, 5) is 0. The normalized spacial score (nSPS) is 10.8. The Morgan fingerprint density at radius 3 is 2.67 bits per heavy atom. The highest BCUT2D eigenvalue weighted by Gasteiger charge is 2.07. The molecule has 4 heteroatoms. The summed E-state index contributed by atoms with van der Waals surface area (Å²) in [5.41, 5.74) is 2.20. The summed E-state index contributed by atoms with van der Waals surface area (Å²) in [5.74, 6) is 1.58. The molecule has 1 heterocycles. The monoisotopic (exact) mass is 301 g/mol. The van der Waals surface area contributed by atoms with Gasteiger partial charge in [-0.05, 0) is 30.3 Å². The van der Waals surface area contributed by atoms with E-state index in [2.05, 4.69) is 10.6 Å². The van der Waals surface area contributed by atoms with E-state index in [1.54, 1.807) is 7.11 Å². The Morgan fingerprint density at radius 1 is 1.05 bits per heavy atom. The highest BCUT2D eigenvalue weighted by Crippen LogP contribution is 2.24. The lowest BCUT2D eigenvalue weighted by atomic mass is 10.2. The van der Waals surface area contributed by atoms with Gasteiger partial charge in [0.2, 0.25) is 0 Å². The molecule has 0 aliphatic heterocycles. The zero-order valence-corrected chi connectivity index (χ0v) is 12.7. The quantitative estimate of drug-likeness (QED) is 0.712. The molecule has 1 aromatic heterocycles. The van der Waals surface area contributed by atoms with E-state index < -0.39 is 0 Å². The Labute approximate surface area is 128 Å².